The van der Waals surface area contributed by atoms with Gasteiger partial charge in [-0.3, -0.25) is 10.1 Å². The molecular formula is C13H17ClN4O2S. The molecule has 1 fully saturated rings. The van der Waals surface area contributed by atoms with Crippen molar-refractivity contribution in [2.24, 2.45) is 0 Å². The van der Waals surface area contributed by atoms with Crippen LogP contribution < -0.4 is 5.32 Å². The number of nitrogens with zero attached hydrogens (tertiary/aromatic N) is 2. The van der Waals surface area contributed by atoms with Gasteiger partial charge < -0.3 is 10.3 Å². The van der Waals surface area contributed by atoms with E-state index in [1.807, 2.05) is 0 Å². The number of nitro benzene ring substituents is 1. The highest BCUT2D eigenvalue weighted by Gasteiger charge is 2.14. The highest BCUT2D eigenvalue weighted by atomic mass is 35.5. The number of fused-ring (bicyclic) bond motifs is 1. The van der Waals surface area contributed by atoms with Gasteiger partial charge in [-0.25, -0.2) is 4.98 Å². The number of H-pyrrole nitrogens is 1. The lowest BCUT2D eigenvalue weighted by atomic mass is 10.1. The topological polar surface area (TPSA) is 83.8 Å². The van der Waals surface area contributed by atoms with Crippen molar-refractivity contribution in [3.8, 4) is 0 Å². The molecule has 0 spiro atoms. The van der Waals surface area contributed by atoms with Gasteiger partial charge in [-0.1, -0.05) is 18.2 Å². The van der Waals surface area contributed by atoms with Crippen LogP contribution in [0.5, 0.6) is 0 Å². The van der Waals surface area contributed by atoms with E-state index in [2.05, 4.69) is 15.3 Å². The molecule has 0 bridgehead atoms. The molecule has 3 rings (SSSR count). The third kappa shape index (κ3) is 3.87. The van der Waals surface area contributed by atoms with Crippen LogP contribution in [0.25, 0.3) is 11.0 Å². The Morgan fingerprint density at radius 1 is 1.43 bits per heavy atom. The summed E-state index contributed by atoms with van der Waals surface area (Å²) in [6.07, 6.45) is 3.75. The van der Waals surface area contributed by atoms with Gasteiger partial charge in [0.15, 0.2) is 5.16 Å². The first-order chi connectivity index (χ1) is 9.72. The number of aromatic nitrogens is 2. The molecule has 1 saturated heterocycles. The van der Waals surface area contributed by atoms with Crippen molar-refractivity contribution in [1.82, 2.24) is 15.3 Å². The van der Waals surface area contributed by atoms with Crippen molar-refractivity contribution in [2.75, 3.05) is 12.3 Å². The summed E-state index contributed by atoms with van der Waals surface area (Å²) in [5, 5.41) is 15.1. The molecule has 0 aliphatic carbocycles. The van der Waals surface area contributed by atoms with Crippen LogP contribution in [-0.2, 0) is 0 Å². The van der Waals surface area contributed by atoms with E-state index >= 15 is 0 Å². The molecule has 1 aromatic heterocycles. The normalized spacial score (nSPS) is 18.4. The maximum atomic E-state index is 10.7. The molecule has 1 unspecified atom stereocenters. The number of aromatic amines is 1. The molecule has 2 heterocycles. The van der Waals surface area contributed by atoms with Crippen molar-refractivity contribution < 1.29 is 4.92 Å². The number of piperidine rings is 1. The van der Waals surface area contributed by atoms with Crippen LogP contribution in [0.15, 0.2) is 23.4 Å². The fraction of sp³-hybridized carbons (Fsp3) is 0.462. The molecule has 2 N–H and O–H groups in total. The second-order valence-corrected chi connectivity index (χ2v) is 5.97. The van der Waals surface area contributed by atoms with Gasteiger partial charge in [-0.15, -0.1) is 12.4 Å². The zero-order chi connectivity index (χ0) is 13.9. The van der Waals surface area contributed by atoms with Gasteiger partial charge >= 0.3 is 0 Å². The first-order valence-corrected chi connectivity index (χ1v) is 7.71. The van der Waals surface area contributed by atoms with Gasteiger partial charge in [0.2, 0.25) is 0 Å². The fourth-order valence-electron chi connectivity index (χ4n) is 2.40. The van der Waals surface area contributed by atoms with Crippen LogP contribution in [0, 0.1) is 10.1 Å². The third-order valence-corrected chi connectivity index (χ3v) is 4.52. The van der Waals surface area contributed by atoms with Gasteiger partial charge in [0, 0.05) is 23.9 Å². The highest BCUT2D eigenvalue weighted by Crippen LogP contribution is 2.24. The van der Waals surface area contributed by atoms with E-state index in [1.54, 1.807) is 17.8 Å². The number of hydrogen-bond acceptors (Lipinski definition) is 5. The number of nitro groups is 1. The van der Waals surface area contributed by atoms with Crippen LogP contribution in [0.3, 0.4) is 0 Å². The maximum Gasteiger partial charge on any atom is 0.271 e. The molecule has 0 amide bonds. The van der Waals surface area contributed by atoms with Crippen LogP contribution in [0.1, 0.15) is 19.3 Å². The van der Waals surface area contributed by atoms with Crippen molar-refractivity contribution in [3.05, 3.63) is 28.3 Å². The quantitative estimate of drug-likeness (QED) is 0.512. The molecule has 0 radical (unpaired) electrons. The minimum atomic E-state index is -0.390. The average molecular weight is 329 g/mol. The number of imidazole rings is 1. The predicted octanol–water partition coefficient (Wildman–Crippen LogP) is 3.13. The zero-order valence-electron chi connectivity index (χ0n) is 11.4. The SMILES string of the molecule is Cl.O=[N+]([O-])c1ccc2nc(SCC3CCCCN3)[nH]c2c1. The van der Waals surface area contributed by atoms with Gasteiger partial charge in [-0.05, 0) is 25.5 Å². The Balaban J connectivity index is 0.00000161. The van der Waals surface area contributed by atoms with Crippen LogP contribution in [0.2, 0.25) is 0 Å². The van der Waals surface area contributed by atoms with Gasteiger partial charge in [-0.2, -0.15) is 0 Å². The van der Waals surface area contributed by atoms with E-state index < -0.39 is 0 Å². The molecule has 8 heteroatoms. The van der Waals surface area contributed by atoms with Gasteiger partial charge in [0.25, 0.3) is 5.69 Å². The summed E-state index contributed by atoms with van der Waals surface area (Å²) in [4.78, 5) is 18.0. The molecule has 1 aliphatic heterocycles. The van der Waals surface area contributed by atoms with Crippen molar-refractivity contribution >= 4 is 40.9 Å². The monoisotopic (exact) mass is 328 g/mol. The summed E-state index contributed by atoms with van der Waals surface area (Å²) in [6, 6.07) is 5.25. The van der Waals surface area contributed by atoms with E-state index in [0.717, 1.165) is 28.5 Å². The number of nitrogens with one attached hydrogen (secondary N) is 2. The molecular weight excluding hydrogens is 312 g/mol. The minimum absolute atomic E-state index is 0. The smallest absolute Gasteiger partial charge is 0.271 e. The Morgan fingerprint density at radius 2 is 2.29 bits per heavy atom. The lowest BCUT2D eigenvalue weighted by molar-refractivity contribution is -0.384. The summed E-state index contributed by atoms with van der Waals surface area (Å²) in [6.45, 7) is 1.09. The summed E-state index contributed by atoms with van der Waals surface area (Å²) in [5.41, 5.74) is 1.58. The van der Waals surface area contributed by atoms with E-state index in [0.29, 0.717) is 6.04 Å². The Bertz CT molecular complexity index is 628. The number of benzene rings is 1. The summed E-state index contributed by atoms with van der Waals surface area (Å²) < 4.78 is 0. The molecule has 114 valence electrons. The second-order valence-electron chi connectivity index (χ2n) is 4.96. The standard InChI is InChI=1S/C13H16N4O2S.ClH/c18-17(19)10-4-5-11-12(7-10)16-13(15-11)20-8-9-3-1-2-6-14-9;/h4-5,7,9,14H,1-3,6,8H2,(H,15,16);1H. The first-order valence-electron chi connectivity index (χ1n) is 6.73. The maximum absolute atomic E-state index is 10.7. The lowest BCUT2D eigenvalue weighted by Gasteiger charge is -2.22. The average Bonchev–Trinajstić information content (AvgIpc) is 2.88. The Hall–Kier alpha value is -1.31. The van der Waals surface area contributed by atoms with Crippen molar-refractivity contribution in [1.29, 1.82) is 0 Å². The molecule has 1 aliphatic rings. The summed E-state index contributed by atoms with van der Waals surface area (Å²) in [7, 11) is 0. The number of thioether (sulfide) groups is 1. The van der Waals surface area contributed by atoms with E-state index in [4.69, 9.17) is 0 Å². The molecule has 2 aromatic rings. The third-order valence-electron chi connectivity index (χ3n) is 3.49. The van der Waals surface area contributed by atoms with E-state index in [-0.39, 0.29) is 23.0 Å². The lowest BCUT2D eigenvalue weighted by Crippen LogP contribution is -2.35. The van der Waals surface area contributed by atoms with E-state index in [9.17, 15) is 10.1 Å². The zero-order valence-corrected chi connectivity index (χ0v) is 13.0. The van der Waals surface area contributed by atoms with Crippen LogP contribution >= 0.6 is 24.2 Å². The van der Waals surface area contributed by atoms with Crippen molar-refractivity contribution in [3.63, 3.8) is 0 Å². The second kappa shape index (κ2) is 7.11. The molecule has 21 heavy (non-hydrogen) atoms. The Labute approximate surface area is 132 Å². The number of halogens is 1. The first kappa shape index (κ1) is 16.1. The molecule has 6 nitrogen and oxygen atoms in total. The van der Waals surface area contributed by atoms with Crippen molar-refractivity contribution in [2.45, 2.75) is 30.5 Å². The fourth-order valence-corrected chi connectivity index (χ4v) is 3.39. The Morgan fingerprint density at radius 3 is 3.00 bits per heavy atom. The molecule has 1 aromatic carbocycles. The molecule has 1 atom stereocenters. The van der Waals surface area contributed by atoms with Crippen LogP contribution in [-0.4, -0.2) is 33.2 Å². The molecule has 0 saturated carbocycles. The summed E-state index contributed by atoms with van der Waals surface area (Å²) in [5.74, 6) is 0.974. The minimum Gasteiger partial charge on any atom is -0.333 e. The Kier molecular flexibility index (Phi) is 5.44. The number of non-ortho nitro benzene ring substituents is 1. The van der Waals surface area contributed by atoms with Gasteiger partial charge in [0.1, 0.15) is 0 Å². The summed E-state index contributed by atoms with van der Waals surface area (Å²) >= 11 is 1.67. The number of hydrogen-bond donors (Lipinski definition) is 2. The van der Waals surface area contributed by atoms with Crippen LogP contribution in [0.4, 0.5) is 5.69 Å². The predicted molar refractivity (Wildman–Crippen MR) is 86.4 cm³/mol. The largest absolute Gasteiger partial charge is 0.333 e. The van der Waals surface area contributed by atoms with E-state index in [1.165, 1.54) is 31.4 Å². The van der Waals surface area contributed by atoms with Gasteiger partial charge in [0.05, 0.1) is 16.0 Å². The highest BCUT2D eigenvalue weighted by molar-refractivity contribution is 7.99. The number of rotatable bonds is 4.